The Kier molecular flexibility index (Phi) is 4.55. The highest BCUT2D eigenvalue weighted by Crippen LogP contribution is 2.22. The lowest BCUT2D eigenvalue weighted by Gasteiger charge is -2.17. The monoisotopic (exact) mass is 322 g/mol. The van der Waals surface area contributed by atoms with Gasteiger partial charge in [0.15, 0.2) is 5.82 Å². The van der Waals surface area contributed by atoms with Gasteiger partial charge in [0.05, 0.1) is 5.69 Å². The van der Waals surface area contributed by atoms with Gasteiger partial charge in [-0.3, -0.25) is 10.1 Å². The summed E-state index contributed by atoms with van der Waals surface area (Å²) in [6.45, 7) is 8.19. The molecule has 6 nitrogen and oxygen atoms in total. The van der Waals surface area contributed by atoms with E-state index in [1.54, 1.807) is 12.4 Å². The van der Waals surface area contributed by atoms with Crippen molar-refractivity contribution in [1.29, 1.82) is 0 Å². The van der Waals surface area contributed by atoms with Crippen LogP contribution in [-0.2, 0) is 6.42 Å². The predicted molar refractivity (Wildman–Crippen MR) is 94.9 cm³/mol. The van der Waals surface area contributed by atoms with Gasteiger partial charge in [-0.25, -0.2) is 9.97 Å². The van der Waals surface area contributed by atoms with Gasteiger partial charge in [-0.1, -0.05) is 0 Å². The highest BCUT2D eigenvalue weighted by molar-refractivity contribution is 5.59. The minimum absolute atomic E-state index is 0.214. The number of hydrogen-bond donors (Lipinski definition) is 2. The molecule has 6 heteroatoms. The van der Waals surface area contributed by atoms with E-state index in [1.807, 2.05) is 32.9 Å². The van der Waals surface area contributed by atoms with Crippen molar-refractivity contribution in [2.24, 2.45) is 0 Å². The van der Waals surface area contributed by atoms with Gasteiger partial charge in [-0.15, -0.1) is 0 Å². The van der Waals surface area contributed by atoms with E-state index >= 15 is 0 Å². The second-order valence-electron chi connectivity index (χ2n) is 6.13. The van der Waals surface area contributed by atoms with Gasteiger partial charge < -0.3 is 5.32 Å². The molecule has 0 aliphatic carbocycles. The van der Waals surface area contributed by atoms with Crippen LogP contribution >= 0.6 is 0 Å². The zero-order valence-electron chi connectivity index (χ0n) is 14.5. The largest absolute Gasteiger partial charge is 0.367 e. The molecule has 24 heavy (non-hydrogen) atoms. The van der Waals surface area contributed by atoms with Crippen molar-refractivity contribution in [2.45, 2.75) is 40.2 Å². The number of nitrogens with zero attached hydrogens (tertiary/aromatic N) is 4. The van der Waals surface area contributed by atoms with Gasteiger partial charge in [-0.2, -0.15) is 5.10 Å². The lowest BCUT2D eigenvalue weighted by molar-refractivity contribution is 0.757. The number of aromatic nitrogens is 5. The average Bonchev–Trinajstić information content (AvgIpc) is 2.97. The number of nitrogens with one attached hydrogen (secondary N) is 2. The molecule has 3 aromatic rings. The maximum atomic E-state index is 4.71. The molecule has 0 radical (unpaired) electrons. The molecule has 1 unspecified atom stereocenters. The Labute approximate surface area is 141 Å². The third-order valence-corrected chi connectivity index (χ3v) is 3.99. The standard InChI is InChI=1S/C18H22N6/c1-11(9-16-10-12(2)23-24-16)20-17-13(3)14(4)21-18(22-17)15-5-7-19-8-6-15/h5-8,10-11H,9H2,1-4H3,(H,23,24)(H,20,21,22). The van der Waals surface area contributed by atoms with Gasteiger partial charge in [0.25, 0.3) is 0 Å². The number of rotatable bonds is 5. The number of anilines is 1. The zero-order chi connectivity index (χ0) is 17.1. The van der Waals surface area contributed by atoms with Gasteiger partial charge in [0.1, 0.15) is 5.82 Å². The molecule has 0 saturated heterocycles. The van der Waals surface area contributed by atoms with Crippen LogP contribution in [0.25, 0.3) is 11.4 Å². The molecule has 0 fully saturated rings. The number of aryl methyl sites for hydroxylation is 2. The molecule has 0 saturated carbocycles. The first-order valence-electron chi connectivity index (χ1n) is 8.06. The topological polar surface area (TPSA) is 79.4 Å². The van der Waals surface area contributed by atoms with Crippen molar-refractivity contribution >= 4 is 5.82 Å². The van der Waals surface area contributed by atoms with Crippen LogP contribution in [-0.4, -0.2) is 31.2 Å². The number of pyridine rings is 1. The van der Waals surface area contributed by atoms with Crippen LogP contribution in [0.15, 0.2) is 30.6 Å². The van der Waals surface area contributed by atoms with E-state index in [4.69, 9.17) is 4.98 Å². The Bertz CT molecular complexity index is 825. The number of H-pyrrole nitrogens is 1. The van der Waals surface area contributed by atoms with Gasteiger partial charge in [-0.05, 0) is 45.9 Å². The maximum Gasteiger partial charge on any atom is 0.161 e. The number of aromatic amines is 1. The summed E-state index contributed by atoms with van der Waals surface area (Å²) in [7, 11) is 0. The van der Waals surface area contributed by atoms with E-state index in [2.05, 4.69) is 38.5 Å². The van der Waals surface area contributed by atoms with Crippen LogP contribution in [0.1, 0.15) is 29.6 Å². The summed E-state index contributed by atoms with van der Waals surface area (Å²) in [6.07, 6.45) is 4.34. The Balaban J connectivity index is 1.83. The van der Waals surface area contributed by atoms with Crippen LogP contribution in [0, 0.1) is 20.8 Å². The fourth-order valence-corrected chi connectivity index (χ4v) is 2.58. The molecule has 0 aliphatic rings. The first kappa shape index (κ1) is 16.1. The van der Waals surface area contributed by atoms with E-state index in [0.717, 1.165) is 40.4 Å². The molecule has 3 heterocycles. The van der Waals surface area contributed by atoms with Crippen LogP contribution in [0.2, 0.25) is 0 Å². The molecule has 3 aromatic heterocycles. The SMILES string of the molecule is Cc1cc(CC(C)Nc2nc(-c3ccncc3)nc(C)c2C)n[nH]1. The van der Waals surface area contributed by atoms with E-state index < -0.39 is 0 Å². The highest BCUT2D eigenvalue weighted by Gasteiger charge is 2.13. The van der Waals surface area contributed by atoms with Crippen LogP contribution in [0.5, 0.6) is 0 Å². The summed E-state index contributed by atoms with van der Waals surface area (Å²) < 4.78 is 0. The molecule has 1 atom stereocenters. The molecular weight excluding hydrogens is 300 g/mol. The summed E-state index contributed by atoms with van der Waals surface area (Å²) >= 11 is 0. The van der Waals surface area contributed by atoms with Gasteiger partial charge >= 0.3 is 0 Å². The Morgan fingerprint density at radius 2 is 1.88 bits per heavy atom. The van der Waals surface area contributed by atoms with Gasteiger partial charge in [0.2, 0.25) is 0 Å². The Morgan fingerprint density at radius 1 is 1.12 bits per heavy atom. The lowest BCUT2D eigenvalue weighted by Crippen LogP contribution is -2.20. The first-order valence-corrected chi connectivity index (χ1v) is 8.06. The molecule has 124 valence electrons. The first-order chi connectivity index (χ1) is 11.5. The Hall–Kier alpha value is -2.76. The third kappa shape index (κ3) is 3.59. The van der Waals surface area contributed by atoms with Crippen LogP contribution in [0.3, 0.4) is 0 Å². The normalized spacial score (nSPS) is 12.2. The van der Waals surface area contributed by atoms with Gasteiger partial charge in [0, 0.05) is 47.4 Å². The summed E-state index contributed by atoms with van der Waals surface area (Å²) in [5.74, 6) is 1.58. The fraction of sp³-hybridized carbons (Fsp3) is 0.333. The van der Waals surface area contributed by atoms with Crippen molar-refractivity contribution in [2.75, 3.05) is 5.32 Å². The van der Waals surface area contributed by atoms with E-state index in [-0.39, 0.29) is 6.04 Å². The minimum Gasteiger partial charge on any atom is -0.367 e. The highest BCUT2D eigenvalue weighted by atomic mass is 15.1. The molecule has 0 bridgehead atoms. The second-order valence-corrected chi connectivity index (χ2v) is 6.13. The van der Waals surface area contributed by atoms with Crippen molar-refractivity contribution in [3.63, 3.8) is 0 Å². The third-order valence-electron chi connectivity index (χ3n) is 3.99. The molecular formula is C18H22N6. The molecule has 2 N–H and O–H groups in total. The van der Waals surface area contributed by atoms with Crippen molar-refractivity contribution in [3.05, 3.63) is 53.2 Å². The summed E-state index contributed by atoms with van der Waals surface area (Å²) in [5, 5.41) is 10.8. The minimum atomic E-state index is 0.214. The maximum absolute atomic E-state index is 4.71. The Morgan fingerprint density at radius 3 is 2.54 bits per heavy atom. The quantitative estimate of drug-likeness (QED) is 0.754. The zero-order valence-corrected chi connectivity index (χ0v) is 14.5. The van der Waals surface area contributed by atoms with Crippen LogP contribution < -0.4 is 5.32 Å². The molecule has 0 aliphatic heterocycles. The average molecular weight is 322 g/mol. The summed E-state index contributed by atoms with van der Waals surface area (Å²) in [6, 6.07) is 6.12. The second kappa shape index (κ2) is 6.78. The van der Waals surface area contributed by atoms with Crippen molar-refractivity contribution in [1.82, 2.24) is 25.1 Å². The summed E-state index contributed by atoms with van der Waals surface area (Å²) in [5.41, 5.74) is 5.13. The molecule has 0 spiro atoms. The van der Waals surface area contributed by atoms with Crippen molar-refractivity contribution in [3.8, 4) is 11.4 Å². The van der Waals surface area contributed by atoms with Crippen molar-refractivity contribution < 1.29 is 0 Å². The van der Waals surface area contributed by atoms with E-state index in [0.29, 0.717) is 5.82 Å². The van der Waals surface area contributed by atoms with E-state index in [9.17, 15) is 0 Å². The van der Waals surface area contributed by atoms with Crippen LogP contribution in [0.4, 0.5) is 5.82 Å². The summed E-state index contributed by atoms with van der Waals surface area (Å²) in [4.78, 5) is 13.4. The molecule has 0 amide bonds. The fourth-order valence-electron chi connectivity index (χ4n) is 2.58. The molecule has 0 aromatic carbocycles. The lowest BCUT2D eigenvalue weighted by atomic mass is 10.1. The van der Waals surface area contributed by atoms with E-state index in [1.165, 1.54) is 0 Å². The number of hydrogen-bond acceptors (Lipinski definition) is 5. The smallest absolute Gasteiger partial charge is 0.161 e. The predicted octanol–water partition coefficient (Wildman–Crippen LogP) is 3.23. The molecule has 3 rings (SSSR count).